The average Bonchev–Trinajstić information content (AvgIpc) is 2.17. The van der Waals surface area contributed by atoms with Crippen molar-refractivity contribution in [2.75, 3.05) is 0 Å². The maximum absolute atomic E-state index is 12.1. The van der Waals surface area contributed by atoms with Gasteiger partial charge in [0.25, 0.3) is 9.05 Å². The van der Waals surface area contributed by atoms with Gasteiger partial charge in [-0.05, 0) is 28.7 Å². The molecule has 5 nitrogen and oxygen atoms in total. The van der Waals surface area contributed by atoms with E-state index >= 15 is 0 Å². The summed E-state index contributed by atoms with van der Waals surface area (Å²) in [6.07, 6.45) is -5.02. The summed E-state index contributed by atoms with van der Waals surface area (Å²) in [5.74, 6) is -0.866. The van der Waals surface area contributed by atoms with Crippen molar-refractivity contribution in [2.45, 2.75) is 11.4 Å². The van der Waals surface area contributed by atoms with Crippen molar-refractivity contribution < 1.29 is 26.3 Å². The number of hydrogen-bond acceptors (Lipinski definition) is 5. The number of hydrogen-bond donors (Lipinski definition) is 0. The fourth-order valence-corrected chi connectivity index (χ4v) is 2.42. The second-order valence-electron chi connectivity index (χ2n) is 2.73. The van der Waals surface area contributed by atoms with Gasteiger partial charge in [0.2, 0.25) is 0 Å². The second kappa shape index (κ2) is 5.06. The predicted molar refractivity (Wildman–Crippen MR) is 61.4 cm³/mol. The van der Waals surface area contributed by atoms with E-state index in [1.54, 1.807) is 0 Å². The molecule has 0 spiro atoms. The first-order valence-corrected chi connectivity index (χ1v) is 7.24. The van der Waals surface area contributed by atoms with Crippen LogP contribution in [0.2, 0.25) is 0 Å². The van der Waals surface area contributed by atoms with Gasteiger partial charge in [-0.25, -0.2) is 13.4 Å². The lowest BCUT2D eigenvalue weighted by molar-refractivity contribution is -0.275. The van der Waals surface area contributed by atoms with Crippen molar-refractivity contribution in [1.29, 1.82) is 5.26 Å². The van der Waals surface area contributed by atoms with Crippen molar-refractivity contribution in [1.82, 2.24) is 4.98 Å². The molecule has 11 heteroatoms. The Hall–Kier alpha value is -0.800. The van der Waals surface area contributed by atoms with Crippen LogP contribution < -0.4 is 4.74 Å². The highest BCUT2D eigenvalue weighted by Crippen LogP contribution is 2.31. The molecule has 1 aromatic heterocycles. The predicted octanol–water partition coefficient (Wildman–Crippen LogP) is 2.38. The van der Waals surface area contributed by atoms with Crippen LogP contribution >= 0.6 is 33.3 Å². The fraction of sp³-hybridized carbons (Fsp3) is 0.143. The molecule has 0 aliphatic rings. The lowest BCUT2D eigenvalue weighted by Crippen LogP contribution is -2.19. The highest BCUT2D eigenvalue weighted by atomic mass is 127. The standard InChI is InChI=1S/C7HClF3IN2O3S/c8-18(15,16)4-1-3(2-13)5(6(12)14-4)17-7(9,10)11/h1H. The van der Waals surface area contributed by atoms with E-state index in [1.807, 2.05) is 0 Å². The van der Waals surface area contributed by atoms with Crippen LogP contribution in [0.3, 0.4) is 0 Å². The number of alkyl halides is 3. The SMILES string of the molecule is N#Cc1cc(S(=O)(=O)Cl)nc(I)c1OC(F)(F)F. The number of ether oxygens (including phenoxy) is 1. The molecule has 1 rings (SSSR count). The van der Waals surface area contributed by atoms with Crippen LogP contribution in [-0.4, -0.2) is 19.8 Å². The molecule has 1 heterocycles. The van der Waals surface area contributed by atoms with E-state index in [2.05, 4.69) is 9.72 Å². The summed E-state index contributed by atoms with van der Waals surface area (Å²) in [6.45, 7) is 0. The van der Waals surface area contributed by atoms with Gasteiger partial charge < -0.3 is 4.74 Å². The number of nitriles is 1. The van der Waals surface area contributed by atoms with Crippen molar-refractivity contribution in [3.8, 4) is 11.8 Å². The van der Waals surface area contributed by atoms with Gasteiger partial charge in [-0.3, -0.25) is 0 Å². The number of rotatable bonds is 2. The Morgan fingerprint density at radius 1 is 1.50 bits per heavy atom. The van der Waals surface area contributed by atoms with E-state index in [0.29, 0.717) is 6.07 Å². The average molecular weight is 413 g/mol. The van der Waals surface area contributed by atoms with Crippen LogP contribution in [0, 0.1) is 15.0 Å². The summed E-state index contributed by atoms with van der Waals surface area (Å²) < 4.78 is 61.3. The summed E-state index contributed by atoms with van der Waals surface area (Å²) in [7, 11) is 0.729. The molecule has 0 N–H and O–H groups in total. The second-order valence-corrected chi connectivity index (χ2v) is 6.26. The number of pyridine rings is 1. The molecular weight excluding hydrogens is 412 g/mol. The monoisotopic (exact) mass is 412 g/mol. The molecule has 0 atom stereocenters. The molecule has 0 saturated heterocycles. The largest absolute Gasteiger partial charge is 0.573 e. The van der Waals surface area contributed by atoms with Gasteiger partial charge in [0.1, 0.15) is 15.3 Å². The maximum Gasteiger partial charge on any atom is 0.573 e. The van der Waals surface area contributed by atoms with Crippen molar-refractivity contribution in [3.05, 3.63) is 15.3 Å². The van der Waals surface area contributed by atoms with Gasteiger partial charge >= 0.3 is 6.36 Å². The van der Waals surface area contributed by atoms with Crippen LogP contribution in [-0.2, 0) is 9.05 Å². The zero-order chi connectivity index (χ0) is 14.1. The first kappa shape index (κ1) is 15.3. The minimum atomic E-state index is -5.02. The molecule has 0 amide bonds. The molecule has 0 fully saturated rings. The Balaban J connectivity index is 3.45. The first-order valence-electron chi connectivity index (χ1n) is 3.85. The summed E-state index contributed by atoms with van der Waals surface area (Å²) in [4.78, 5) is 3.33. The molecule has 0 aromatic carbocycles. The lowest BCUT2D eigenvalue weighted by Gasteiger charge is -2.11. The normalized spacial score (nSPS) is 12.0. The number of aromatic nitrogens is 1. The molecule has 0 aliphatic heterocycles. The van der Waals surface area contributed by atoms with E-state index in [9.17, 15) is 21.6 Å². The van der Waals surface area contributed by atoms with E-state index in [4.69, 9.17) is 15.9 Å². The van der Waals surface area contributed by atoms with Crippen LogP contribution in [0.1, 0.15) is 5.56 Å². The highest BCUT2D eigenvalue weighted by molar-refractivity contribution is 14.1. The molecular formula is C7HClF3IN2O3S. The van der Waals surface area contributed by atoms with Gasteiger partial charge in [0, 0.05) is 10.7 Å². The Morgan fingerprint density at radius 3 is 2.44 bits per heavy atom. The third-order valence-electron chi connectivity index (χ3n) is 1.50. The summed E-state index contributed by atoms with van der Waals surface area (Å²) in [6, 6.07) is 1.98. The fourth-order valence-electron chi connectivity index (χ4n) is 0.901. The van der Waals surface area contributed by atoms with Gasteiger partial charge in [0.15, 0.2) is 10.8 Å². The number of nitrogens with zero attached hydrogens (tertiary/aromatic N) is 2. The Labute approximate surface area is 117 Å². The molecule has 18 heavy (non-hydrogen) atoms. The van der Waals surface area contributed by atoms with Crippen molar-refractivity contribution in [3.63, 3.8) is 0 Å². The molecule has 0 aliphatic carbocycles. The van der Waals surface area contributed by atoms with Crippen LogP contribution in [0.25, 0.3) is 0 Å². The molecule has 0 bridgehead atoms. The van der Waals surface area contributed by atoms with Gasteiger partial charge in [-0.2, -0.15) is 5.26 Å². The summed E-state index contributed by atoms with van der Waals surface area (Å²) in [5, 5.41) is 7.94. The Kier molecular flexibility index (Phi) is 4.29. The smallest absolute Gasteiger partial charge is 0.402 e. The van der Waals surface area contributed by atoms with Gasteiger partial charge in [-0.1, -0.05) is 0 Å². The Bertz CT molecular complexity index is 626. The maximum atomic E-state index is 12.1. The molecule has 0 unspecified atom stereocenters. The zero-order valence-corrected chi connectivity index (χ0v) is 11.7. The van der Waals surface area contributed by atoms with Crippen molar-refractivity contribution in [2.24, 2.45) is 0 Å². The van der Waals surface area contributed by atoms with Gasteiger partial charge in [-0.15, -0.1) is 13.2 Å². The summed E-state index contributed by atoms with van der Waals surface area (Å²) >= 11 is 1.30. The quantitative estimate of drug-likeness (QED) is 0.423. The third-order valence-corrected chi connectivity index (χ3v) is 3.41. The minimum Gasteiger partial charge on any atom is -0.402 e. The Morgan fingerprint density at radius 2 is 2.06 bits per heavy atom. The van der Waals surface area contributed by atoms with E-state index in [1.165, 1.54) is 28.7 Å². The molecule has 98 valence electrons. The van der Waals surface area contributed by atoms with Crippen LogP contribution in [0.5, 0.6) is 5.75 Å². The first-order chi connectivity index (χ1) is 8.04. The van der Waals surface area contributed by atoms with Crippen molar-refractivity contribution >= 4 is 42.3 Å². The highest BCUT2D eigenvalue weighted by Gasteiger charge is 2.34. The third kappa shape index (κ3) is 3.85. The number of halogens is 5. The van der Waals surface area contributed by atoms with Crippen LogP contribution in [0.4, 0.5) is 13.2 Å². The molecule has 0 saturated carbocycles. The van der Waals surface area contributed by atoms with Crippen LogP contribution in [0.15, 0.2) is 11.1 Å². The van der Waals surface area contributed by atoms with E-state index in [0.717, 1.165) is 0 Å². The minimum absolute atomic E-state index is 0.441. The summed E-state index contributed by atoms with van der Waals surface area (Å²) in [5.41, 5.74) is -0.633. The van der Waals surface area contributed by atoms with E-state index < -0.39 is 35.5 Å². The molecule has 1 aromatic rings. The molecule has 0 radical (unpaired) electrons. The lowest BCUT2D eigenvalue weighted by atomic mass is 10.3. The topological polar surface area (TPSA) is 80.0 Å². The van der Waals surface area contributed by atoms with E-state index in [-0.39, 0.29) is 0 Å². The van der Waals surface area contributed by atoms with Gasteiger partial charge in [0.05, 0.1) is 0 Å². The zero-order valence-electron chi connectivity index (χ0n) is 7.99.